The van der Waals surface area contributed by atoms with Crippen molar-refractivity contribution in [2.24, 2.45) is 0 Å². The maximum absolute atomic E-state index is 12.5. The van der Waals surface area contributed by atoms with E-state index in [0.29, 0.717) is 25.8 Å². The van der Waals surface area contributed by atoms with E-state index in [0.717, 1.165) is 75.4 Å². The van der Waals surface area contributed by atoms with Crippen LogP contribution >= 0.6 is 0 Å². The first-order valence-corrected chi connectivity index (χ1v) is 18.9. The van der Waals surface area contributed by atoms with E-state index in [2.05, 4.69) is 31.7 Å². The molecule has 0 aromatic heterocycles. The van der Waals surface area contributed by atoms with Gasteiger partial charge in [-0.05, 0) is 51.9 Å². The van der Waals surface area contributed by atoms with Gasteiger partial charge < -0.3 is 25.0 Å². The Balaban J connectivity index is 3.94. The summed E-state index contributed by atoms with van der Waals surface area (Å²) in [6, 6.07) is -0.633. The molecule has 0 aliphatic heterocycles. The first-order valence-electron chi connectivity index (χ1n) is 18.9. The second-order valence-electron chi connectivity index (χ2n) is 13.8. The lowest BCUT2D eigenvalue weighted by atomic mass is 10.1. The summed E-state index contributed by atoms with van der Waals surface area (Å²) in [5, 5.41) is 14.7. The number of hydrogen-bond acceptors (Lipinski definition) is 5. The third kappa shape index (κ3) is 29.3. The lowest BCUT2D eigenvalue weighted by Crippen LogP contribution is -2.41. The number of rotatable bonds is 33. The number of nitrogens with one attached hydrogen (secondary N) is 2. The highest BCUT2D eigenvalue weighted by molar-refractivity contribution is 5.84. The Morgan fingerprint density at radius 1 is 0.609 bits per heavy atom. The van der Waals surface area contributed by atoms with E-state index in [1.54, 1.807) is 6.92 Å². The van der Waals surface area contributed by atoms with E-state index in [-0.39, 0.29) is 30.8 Å². The average Bonchev–Trinajstić information content (AvgIpc) is 3.00. The molecule has 0 saturated carbocycles. The van der Waals surface area contributed by atoms with Crippen LogP contribution in [0.25, 0.3) is 0 Å². The largest absolute Gasteiger partial charge is 0.481 e. The van der Waals surface area contributed by atoms with Gasteiger partial charge in [0.15, 0.2) is 0 Å². The molecule has 0 fully saturated rings. The summed E-state index contributed by atoms with van der Waals surface area (Å²) in [5.41, 5.74) is 0. The number of aliphatic carboxylic acids is 1. The number of hydrogen-bond donors (Lipinski definition) is 3. The number of carbonyl (C=O) groups is 4. The van der Waals surface area contributed by atoms with Crippen LogP contribution in [0, 0.1) is 0 Å². The fourth-order valence-corrected chi connectivity index (χ4v) is 5.80. The molecule has 1 atom stereocenters. The molecule has 0 aromatic rings. The van der Waals surface area contributed by atoms with Gasteiger partial charge in [-0.15, -0.1) is 0 Å². The summed E-state index contributed by atoms with van der Waals surface area (Å²) in [5.74, 6) is -1.10. The molecule has 0 saturated heterocycles. The van der Waals surface area contributed by atoms with Crippen molar-refractivity contribution < 1.29 is 33.5 Å². The summed E-state index contributed by atoms with van der Waals surface area (Å²) in [7, 11) is 4.35. The molecule has 0 heterocycles. The lowest BCUT2D eigenvalue weighted by Gasteiger charge is -2.29. The number of carbonyl (C=O) groups excluding carboxylic acids is 3. The van der Waals surface area contributed by atoms with Crippen LogP contribution in [0.5, 0.6) is 0 Å². The number of nitrogens with zero attached hydrogens (tertiary/aromatic N) is 1. The first-order chi connectivity index (χ1) is 22.1. The molecule has 1 unspecified atom stereocenters. The molecule has 0 aliphatic carbocycles. The standard InChI is InChI=1S/C37H71N3O6/c1-5-7-8-9-10-11-14-17-20-27-34(41)38-30-23-22-26-33(37(45)46-6-2)39-35(42)28-21-18-15-12-13-16-19-24-31-40(3,4)32-25-29-36(43)44/h33H,5-32H2,1-4H3,(H2-,38,39,41,42,43,44)/p+1. The number of unbranched alkanes of at least 4 members (excludes halogenated alkanes) is 16. The summed E-state index contributed by atoms with van der Waals surface area (Å²) < 4.78 is 6.07. The highest BCUT2D eigenvalue weighted by Crippen LogP contribution is 2.13. The van der Waals surface area contributed by atoms with E-state index in [1.165, 1.54) is 70.6 Å². The molecule has 270 valence electrons. The first kappa shape index (κ1) is 43.8. The van der Waals surface area contributed by atoms with Crippen LogP contribution in [-0.4, -0.2) is 79.7 Å². The van der Waals surface area contributed by atoms with E-state index < -0.39 is 12.0 Å². The maximum atomic E-state index is 12.5. The summed E-state index contributed by atoms with van der Waals surface area (Å²) in [4.78, 5) is 47.8. The average molecular weight is 655 g/mol. The van der Waals surface area contributed by atoms with Crippen molar-refractivity contribution in [3.63, 3.8) is 0 Å². The van der Waals surface area contributed by atoms with Gasteiger partial charge in [0.25, 0.3) is 0 Å². The van der Waals surface area contributed by atoms with Crippen LogP contribution in [0.2, 0.25) is 0 Å². The van der Waals surface area contributed by atoms with Crippen molar-refractivity contribution in [2.75, 3.05) is 40.3 Å². The summed E-state index contributed by atoms with van der Waals surface area (Å²) in [6.07, 6.45) is 24.0. The van der Waals surface area contributed by atoms with Gasteiger partial charge in [0.1, 0.15) is 6.04 Å². The summed E-state index contributed by atoms with van der Waals surface area (Å²) >= 11 is 0. The number of ether oxygens (including phenoxy) is 1. The smallest absolute Gasteiger partial charge is 0.328 e. The van der Waals surface area contributed by atoms with E-state index in [9.17, 15) is 19.2 Å². The molecule has 2 amide bonds. The molecule has 0 bridgehead atoms. The van der Waals surface area contributed by atoms with Gasteiger partial charge in [0, 0.05) is 25.8 Å². The number of carboxylic acid groups (broad SMARTS) is 1. The highest BCUT2D eigenvalue weighted by atomic mass is 16.5. The Kier molecular flexibility index (Phi) is 28.8. The minimum atomic E-state index is -0.717. The zero-order valence-corrected chi connectivity index (χ0v) is 30.3. The topological polar surface area (TPSA) is 122 Å². The molecule has 3 N–H and O–H groups in total. The Labute approximate surface area is 282 Å². The van der Waals surface area contributed by atoms with Crippen LogP contribution in [0.1, 0.15) is 168 Å². The fourth-order valence-electron chi connectivity index (χ4n) is 5.80. The number of quaternary nitrogens is 1. The minimum Gasteiger partial charge on any atom is -0.481 e. The molecule has 0 aliphatic rings. The SMILES string of the molecule is CCCCCCCCCCCC(=O)NCCCCC(NC(=O)CCCCCCCCCC[N+](C)(C)CCCC(=O)O)C(=O)OCC. The second kappa shape index (κ2) is 30.2. The van der Waals surface area contributed by atoms with Crippen LogP contribution in [0.4, 0.5) is 0 Å². The molecule has 0 spiro atoms. The minimum absolute atomic E-state index is 0.100. The van der Waals surface area contributed by atoms with Crippen LogP contribution in [0.3, 0.4) is 0 Å². The van der Waals surface area contributed by atoms with E-state index in [4.69, 9.17) is 9.84 Å². The van der Waals surface area contributed by atoms with Gasteiger partial charge >= 0.3 is 11.9 Å². The molecule has 9 nitrogen and oxygen atoms in total. The predicted octanol–water partition coefficient (Wildman–Crippen LogP) is 7.69. The molecular formula is C37H72N3O6+. The van der Waals surface area contributed by atoms with Crippen LogP contribution in [0.15, 0.2) is 0 Å². The van der Waals surface area contributed by atoms with Gasteiger partial charge in [-0.2, -0.15) is 0 Å². The highest BCUT2D eigenvalue weighted by Gasteiger charge is 2.21. The van der Waals surface area contributed by atoms with Gasteiger partial charge in [-0.3, -0.25) is 14.4 Å². The predicted molar refractivity (Wildman–Crippen MR) is 188 cm³/mol. The molecule has 0 aromatic carbocycles. The van der Waals surface area contributed by atoms with E-state index in [1.807, 2.05) is 0 Å². The van der Waals surface area contributed by atoms with Crippen LogP contribution < -0.4 is 10.6 Å². The Hall–Kier alpha value is -2.16. The molecular weight excluding hydrogens is 582 g/mol. The third-order valence-corrected chi connectivity index (χ3v) is 8.73. The Morgan fingerprint density at radius 3 is 1.65 bits per heavy atom. The third-order valence-electron chi connectivity index (χ3n) is 8.73. The molecule has 9 heteroatoms. The van der Waals surface area contributed by atoms with Gasteiger partial charge in [0.05, 0.1) is 40.2 Å². The fraction of sp³-hybridized carbons (Fsp3) is 0.892. The normalized spacial score (nSPS) is 12.1. The van der Waals surface area contributed by atoms with Gasteiger partial charge in [-0.25, -0.2) is 4.79 Å². The quantitative estimate of drug-likeness (QED) is 0.0379. The van der Waals surface area contributed by atoms with Gasteiger partial charge in [0.2, 0.25) is 11.8 Å². The van der Waals surface area contributed by atoms with E-state index >= 15 is 0 Å². The van der Waals surface area contributed by atoms with Crippen LogP contribution in [-0.2, 0) is 23.9 Å². The Bertz CT molecular complexity index is 789. The molecule has 46 heavy (non-hydrogen) atoms. The number of esters is 1. The molecule has 0 radical (unpaired) electrons. The van der Waals surface area contributed by atoms with Crippen molar-refractivity contribution in [3.8, 4) is 0 Å². The number of carboxylic acids is 1. The van der Waals surface area contributed by atoms with Crippen molar-refractivity contribution in [2.45, 2.75) is 174 Å². The van der Waals surface area contributed by atoms with Crippen molar-refractivity contribution in [1.29, 1.82) is 0 Å². The van der Waals surface area contributed by atoms with Gasteiger partial charge in [-0.1, -0.05) is 90.4 Å². The maximum Gasteiger partial charge on any atom is 0.328 e. The van der Waals surface area contributed by atoms with Crippen molar-refractivity contribution in [3.05, 3.63) is 0 Å². The zero-order valence-electron chi connectivity index (χ0n) is 30.3. The lowest BCUT2D eigenvalue weighted by molar-refractivity contribution is -0.890. The van der Waals surface area contributed by atoms with Crippen molar-refractivity contribution in [1.82, 2.24) is 10.6 Å². The summed E-state index contributed by atoms with van der Waals surface area (Å²) in [6.45, 7) is 6.86. The van der Waals surface area contributed by atoms with Crippen molar-refractivity contribution >= 4 is 23.8 Å². The second-order valence-corrected chi connectivity index (χ2v) is 13.8. The molecule has 0 rings (SSSR count). The Morgan fingerprint density at radius 2 is 1.11 bits per heavy atom. The zero-order chi connectivity index (χ0) is 34.3. The number of amides is 2. The monoisotopic (exact) mass is 655 g/mol.